The molecule has 1 saturated carbocycles. The number of anilines is 1. The summed E-state index contributed by atoms with van der Waals surface area (Å²) >= 11 is 0. The van der Waals surface area contributed by atoms with Crippen molar-refractivity contribution in [2.75, 3.05) is 4.90 Å². The van der Waals surface area contributed by atoms with Crippen molar-refractivity contribution in [2.24, 2.45) is 10.8 Å². The predicted octanol–water partition coefficient (Wildman–Crippen LogP) is 6.10. The van der Waals surface area contributed by atoms with Crippen LogP contribution in [-0.4, -0.2) is 17.8 Å². The fourth-order valence-corrected chi connectivity index (χ4v) is 6.55. The summed E-state index contributed by atoms with van der Waals surface area (Å²) in [5.41, 5.74) is 2.99. The van der Waals surface area contributed by atoms with E-state index in [1.54, 1.807) is 24.3 Å². The Morgan fingerprint density at radius 1 is 0.730 bits per heavy atom. The molecule has 5 nitrogen and oxygen atoms in total. The Balaban J connectivity index is 1.51. The molecular formula is C32H27NO4. The molecule has 0 N–H and O–H groups in total. The van der Waals surface area contributed by atoms with E-state index in [-0.39, 0.29) is 17.6 Å². The van der Waals surface area contributed by atoms with Gasteiger partial charge in [0.2, 0.25) is 11.8 Å². The third kappa shape index (κ3) is 3.41. The second-order valence-electron chi connectivity index (χ2n) is 10.1. The average Bonchev–Trinajstić information content (AvgIpc) is 3.35. The number of esters is 1. The Kier molecular flexibility index (Phi) is 5.45. The summed E-state index contributed by atoms with van der Waals surface area (Å²) in [5.74, 6) is -0.698. The van der Waals surface area contributed by atoms with E-state index >= 15 is 0 Å². The Bertz CT molecular complexity index is 1390. The van der Waals surface area contributed by atoms with Gasteiger partial charge in [0.05, 0.1) is 16.5 Å². The number of para-hydroxylation sites is 2. The van der Waals surface area contributed by atoms with Crippen molar-refractivity contribution in [3.8, 4) is 5.75 Å². The fourth-order valence-electron chi connectivity index (χ4n) is 6.55. The smallest absolute Gasteiger partial charge is 0.308 e. The summed E-state index contributed by atoms with van der Waals surface area (Å²) in [6.45, 7) is 1.31. The second kappa shape index (κ2) is 8.70. The van der Waals surface area contributed by atoms with E-state index in [9.17, 15) is 14.4 Å². The standard InChI is InChI=1S/C32H27NO4/c1-22(34)37-27-17-9-8-16-26(27)33-29(35)31-18-10-11-19-32(31,30(33)36)21-25(20-31)28(23-12-4-2-5-13-23)24-14-6-3-7-15-24/h2-17H,18-21H2,1H3/t31-,32+. The van der Waals surface area contributed by atoms with Crippen LogP contribution < -0.4 is 9.64 Å². The van der Waals surface area contributed by atoms with Crippen molar-refractivity contribution in [3.05, 3.63) is 114 Å². The third-order valence-electron chi connectivity index (χ3n) is 8.11. The van der Waals surface area contributed by atoms with Gasteiger partial charge in [0.1, 0.15) is 0 Å². The lowest BCUT2D eigenvalue weighted by atomic mass is 9.61. The van der Waals surface area contributed by atoms with Crippen LogP contribution in [-0.2, 0) is 14.4 Å². The lowest BCUT2D eigenvalue weighted by Crippen LogP contribution is -2.41. The van der Waals surface area contributed by atoms with Gasteiger partial charge >= 0.3 is 5.97 Å². The number of nitrogens with zero attached hydrogens (tertiary/aromatic N) is 1. The van der Waals surface area contributed by atoms with E-state index in [1.807, 2.05) is 48.6 Å². The van der Waals surface area contributed by atoms with Gasteiger partial charge < -0.3 is 4.74 Å². The van der Waals surface area contributed by atoms with E-state index < -0.39 is 16.8 Å². The van der Waals surface area contributed by atoms with Crippen LogP contribution in [0, 0.1) is 10.8 Å². The minimum absolute atomic E-state index is 0.211. The van der Waals surface area contributed by atoms with Gasteiger partial charge in [-0.3, -0.25) is 14.4 Å². The maximum atomic E-state index is 14.3. The quantitative estimate of drug-likeness (QED) is 0.192. The van der Waals surface area contributed by atoms with Gasteiger partial charge in [-0.05, 0) is 54.5 Å². The van der Waals surface area contributed by atoms with Gasteiger partial charge in [-0.2, -0.15) is 0 Å². The molecular weight excluding hydrogens is 462 g/mol. The number of benzene rings is 3. The SMILES string of the molecule is CC(=O)Oc1ccccc1N1C(=O)[C@@]23CC=CC[C@@]2(CC(=C(c2ccccc2)c2ccccc2)C3)C1=O. The van der Waals surface area contributed by atoms with Crippen molar-refractivity contribution < 1.29 is 19.1 Å². The maximum Gasteiger partial charge on any atom is 0.308 e. The summed E-state index contributed by atoms with van der Waals surface area (Å²) in [7, 11) is 0. The maximum absolute atomic E-state index is 14.3. The molecule has 1 aliphatic heterocycles. The first-order valence-corrected chi connectivity index (χ1v) is 12.6. The molecule has 1 saturated heterocycles. The van der Waals surface area contributed by atoms with Crippen LogP contribution in [0.15, 0.2) is 103 Å². The second-order valence-corrected chi connectivity index (χ2v) is 10.1. The van der Waals surface area contributed by atoms with Crippen molar-refractivity contribution >= 4 is 29.0 Å². The molecule has 0 spiro atoms. The molecule has 37 heavy (non-hydrogen) atoms. The van der Waals surface area contributed by atoms with Crippen LogP contribution in [0.4, 0.5) is 5.69 Å². The largest absolute Gasteiger partial charge is 0.424 e. The molecule has 6 rings (SSSR count). The summed E-state index contributed by atoms with van der Waals surface area (Å²) in [4.78, 5) is 41.7. The number of imide groups is 1. The van der Waals surface area contributed by atoms with E-state index in [4.69, 9.17) is 4.74 Å². The molecule has 5 heteroatoms. The Labute approximate surface area is 216 Å². The number of hydrogen-bond donors (Lipinski definition) is 0. The molecule has 3 aromatic rings. The van der Waals surface area contributed by atoms with Gasteiger partial charge in [0, 0.05) is 6.92 Å². The summed E-state index contributed by atoms with van der Waals surface area (Å²) < 4.78 is 5.39. The first-order valence-electron chi connectivity index (χ1n) is 12.6. The summed E-state index contributed by atoms with van der Waals surface area (Å²) in [6.07, 6.45) is 6.10. The molecule has 2 amide bonds. The zero-order chi connectivity index (χ0) is 25.6. The summed E-state index contributed by atoms with van der Waals surface area (Å²) in [5, 5.41) is 0. The van der Waals surface area contributed by atoms with E-state index in [2.05, 4.69) is 24.3 Å². The normalized spacial score (nSPS) is 24.1. The minimum atomic E-state index is -0.869. The van der Waals surface area contributed by atoms with Crippen LogP contribution in [0.25, 0.3) is 5.57 Å². The van der Waals surface area contributed by atoms with E-state index in [0.29, 0.717) is 31.4 Å². The number of rotatable bonds is 4. The molecule has 0 unspecified atom stereocenters. The van der Waals surface area contributed by atoms with Gasteiger partial charge in [-0.25, -0.2) is 4.90 Å². The highest BCUT2D eigenvalue weighted by atomic mass is 16.5. The minimum Gasteiger partial charge on any atom is -0.424 e. The lowest BCUT2D eigenvalue weighted by molar-refractivity contribution is -0.132. The van der Waals surface area contributed by atoms with Crippen molar-refractivity contribution in [2.45, 2.75) is 32.6 Å². The molecule has 3 aromatic carbocycles. The first kappa shape index (κ1) is 23.2. The average molecular weight is 490 g/mol. The monoisotopic (exact) mass is 489 g/mol. The fraction of sp³-hybridized carbons (Fsp3) is 0.219. The van der Waals surface area contributed by atoms with Gasteiger partial charge in [0.25, 0.3) is 0 Å². The highest BCUT2D eigenvalue weighted by Gasteiger charge is 2.72. The first-order chi connectivity index (χ1) is 18.0. The van der Waals surface area contributed by atoms with Crippen LogP contribution in [0.2, 0.25) is 0 Å². The van der Waals surface area contributed by atoms with Crippen LogP contribution >= 0.6 is 0 Å². The Morgan fingerprint density at radius 3 is 1.73 bits per heavy atom. The number of hydrogen-bond acceptors (Lipinski definition) is 4. The zero-order valence-electron chi connectivity index (χ0n) is 20.6. The third-order valence-corrected chi connectivity index (χ3v) is 8.11. The van der Waals surface area contributed by atoms with Crippen LogP contribution in [0.1, 0.15) is 43.7 Å². The Hall–Kier alpha value is -4.25. The molecule has 3 aliphatic rings. The van der Waals surface area contributed by atoms with Gasteiger partial charge in [0.15, 0.2) is 5.75 Å². The lowest BCUT2D eigenvalue weighted by Gasteiger charge is -2.36. The molecule has 1 heterocycles. The predicted molar refractivity (Wildman–Crippen MR) is 142 cm³/mol. The van der Waals surface area contributed by atoms with Crippen molar-refractivity contribution in [1.29, 1.82) is 0 Å². The van der Waals surface area contributed by atoms with Crippen LogP contribution in [0.5, 0.6) is 5.75 Å². The molecule has 0 aromatic heterocycles. The number of allylic oxidation sites excluding steroid dienone is 3. The van der Waals surface area contributed by atoms with Crippen molar-refractivity contribution in [3.63, 3.8) is 0 Å². The number of carbonyl (C=O) groups is 3. The molecule has 0 radical (unpaired) electrons. The highest BCUT2D eigenvalue weighted by molar-refractivity contribution is 6.27. The molecule has 2 atom stereocenters. The number of carbonyl (C=O) groups excluding carboxylic acids is 3. The molecule has 0 bridgehead atoms. The van der Waals surface area contributed by atoms with Gasteiger partial charge in [-0.1, -0.05) is 90.5 Å². The van der Waals surface area contributed by atoms with Gasteiger partial charge in [-0.15, -0.1) is 0 Å². The molecule has 2 aliphatic carbocycles. The highest BCUT2D eigenvalue weighted by Crippen LogP contribution is 2.67. The molecule has 2 fully saturated rings. The molecule has 184 valence electrons. The Morgan fingerprint density at radius 2 is 1.22 bits per heavy atom. The number of ether oxygens (including phenoxy) is 1. The van der Waals surface area contributed by atoms with E-state index in [0.717, 1.165) is 22.3 Å². The van der Waals surface area contributed by atoms with Crippen LogP contribution in [0.3, 0.4) is 0 Å². The summed E-state index contributed by atoms with van der Waals surface area (Å²) in [6, 6.07) is 27.2. The zero-order valence-corrected chi connectivity index (χ0v) is 20.6. The van der Waals surface area contributed by atoms with Crippen molar-refractivity contribution in [1.82, 2.24) is 0 Å². The van der Waals surface area contributed by atoms with E-state index in [1.165, 1.54) is 11.8 Å². The number of amides is 2. The topological polar surface area (TPSA) is 63.7 Å².